The molecule has 1 atom stereocenters. The van der Waals surface area contributed by atoms with E-state index in [4.69, 9.17) is 10.5 Å². The lowest BCUT2D eigenvalue weighted by Crippen LogP contribution is -2.49. The van der Waals surface area contributed by atoms with E-state index in [-0.39, 0.29) is 11.5 Å². The molecule has 0 unspecified atom stereocenters. The minimum absolute atomic E-state index is 0.0427. The van der Waals surface area contributed by atoms with Crippen molar-refractivity contribution in [3.05, 3.63) is 35.4 Å². The van der Waals surface area contributed by atoms with Gasteiger partial charge in [-0.3, -0.25) is 4.79 Å². The molecule has 0 aliphatic carbocycles. The minimum atomic E-state index is -0.411. The first kappa shape index (κ1) is 12.6. The number of carbonyl (C=O) groups is 1. The average Bonchev–Trinajstić information content (AvgIpc) is 2.78. The van der Waals surface area contributed by atoms with Crippen molar-refractivity contribution in [2.75, 3.05) is 13.1 Å². The number of ether oxygens (including phenoxy) is 1. The third kappa shape index (κ3) is 2.05. The molecule has 2 N–H and O–H groups in total. The number of fused-ring (bicyclic) bond motifs is 2. The maximum absolute atomic E-state index is 11.9. The summed E-state index contributed by atoms with van der Waals surface area (Å²) < 4.78 is 6.07. The van der Waals surface area contributed by atoms with Crippen molar-refractivity contribution >= 4 is 5.91 Å². The van der Waals surface area contributed by atoms with Gasteiger partial charge in [-0.2, -0.15) is 0 Å². The molecule has 1 fully saturated rings. The molecule has 0 bridgehead atoms. The Morgan fingerprint density at radius 2 is 2.05 bits per heavy atom. The summed E-state index contributed by atoms with van der Waals surface area (Å²) in [6, 6.07) is 7.99. The Hall–Kier alpha value is -1.39. The Balaban J connectivity index is 1.76. The summed E-state index contributed by atoms with van der Waals surface area (Å²) >= 11 is 0. The van der Waals surface area contributed by atoms with E-state index < -0.39 is 6.04 Å². The summed E-state index contributed by atoms with van der Waals surface area (Å²) in [5.41, 5.74) is 8.09. The predicted octanol–water partition coefficient (Wildman–Crippen LogP) is 1.38. The van der Waals surface area contributed by atoms with Gasteiger partial charge in [-0.15, -0.1) is 0 Å². The van der Waals surface area contributed by atoms with Crippen LogP contribution in [0.1, 0.15) is 30.9 Å². The number of benzene rings is 1. The molecule has 4 nitrogen and oxygen atoms in total. The van der Waals surface area contributed by atoms with Crippen molar-refractivity contribution in [1.29, 1.82) is 0 Å². The van der Waals surface area contributed by atoms with E-state index in [1.807, 2.05) is 4.90 Å². The zero-order chi connectivity index (χ0) is 13.5. The van der Waals surface area contributed by atoms with Crippen molar-refractivity contribution in [3.8, 4) is 0 Å². The van der Waals surface area contributed by atoms with Crippen LogP contribution in [0, 0.1) is 0 Å². The largest absolute Gasteiger partial charge is 0.365 e. The molecule has 1 saturated heterocycles. The van der Waals surface area contributed by atoms with Crippen LogP contribution >= 0.6 is 0 Å². The van der Waals surface area contributed by atoms with Crippen LogP contribution in [0.2, 0.25) is 0 Å². The van der Waals surface area contributed by atoms with Gasteiger partial charge in [0.1, 0.15) is 0 Å². The number of carbonyl (C=O) groups excluding carboxylic acids is 1. The van der Waals surface area contributed by atoms with E-state index in [9.17, 15) is 4.79 Å². The fraction of sp³-hybridized carbons (Fsp3) is 0.533. The predicted molar refractivity (Wildman–Crippen MR) is 72.4 cm³/mol. The summed E-state index contributed by atoms with van der Waals surface area (Å²) in [6.45, 7) is 3.90. The van der Waals surface area contributed by atoms with Crippen LogP contribution in [-0.2, 0) is 21.7 Å². The molecule has 2 heterocycles. The van der Waals surface area contributed by atoms with E-state index in [2.05, 4.69) is 24.3 Å². The second kappa shape index (κ2) is 4.62. The minimum Gasteiger partial charge on any atom is -0.365 e. The van der Waals surface area contributed by atoms with Crippen molar-refractivity contribution < 1.29 is 9.53 Å². The molecule has 102 valence electrons. The van der Waals surface area contributed by atoms with Crippen LogP contribution in [-0.4, -0.2) is 29.9 Å². The first-order chi connectivity index (χ1) is 9.12. The number of nitrogens with zero attached hydrogens (tertiary/aromatic N) is 1. The molecule has 1 aromatic rings. The molecule has 0 aromatic heterocycles. The summed E-state index contributed by atoms with van der Waals surface area (Å²) in [7, 11) is 0. The van der Waals surface area contributed by atoms with Gasteiger partial charge < -0.3 is 15.4 Å². The number of piperidine rings is 1. The zero-order valence-electron chi connectivity index (χ0n) is 11.3. The van der Waals surface area contributed by atoms with E-state index >= 15 is 0 Å². The third-order valence-electron chi connectivity index (χ3n) is 4.28. The summed E-state index contributed by atoms with van der Waals surface area (Å²) in [4.78, 5) is 13.8. The van der Waals surface area contributed by atoms with E-state index in [0.717, 1.165) is 25.9 Å². The van der Waals surface area contributed by atoms with Crippen molar-refractivity contribution in [1.82, 2.24) is 4.90 Å². The molecule has 4 heteroatoms. The van der Waals surface area contributed by atoms with Gasteiger partial charge in [0.15, 0.2) is 0 Å². The van der Waals surface area contributed by atoms with Gasteiger partial charge in [-0.1, -0.05) is 24.3 Å². The first-order valence-electron chi connectivity index (χ1n) is 6.89. The van der Waals surface area contributed by atoms with Gasteiger partial charge in [0.05, 0.1) is 18.2 Å². The highest BCUT2D eigenvalue weighted by atomic mass is 16.5. The molecule has 19 heavy (non-hydrogen) atoms. The molecule has 0 saturated carbocycles. The van der Waals surface area contributed by atoms with E-state index in [1.165, 1.54) is 11.1 Å². The Labute approximate surface area is 113 Å². The fourth-order valence-electron chi connectivity index (χ4n) is 3.17. The van der Waals surface area contributed by atoms with Gasteiger partial charge in [0, 0.05) is 13.1 Å². The topological polar surface area (TPSA) is 55.6 Å². The van der Waals surface area contributed by atoms with Crippen molar-refractivity contribution in [2.24, 2.45) is 5.73 Å². The second-order valence-corrected chi connectivity index (χ2v) is 5.55. The van der Waals surface area contributed by atoms with E-state index in [0.29, 0.717) is 6.61 Å². The van der Waals surface area contributed by atoms with Gasteiger partial charge in [0.25, 0.3) is 0 Å². The Morgan fingerprint density at radius 3 is 2.74 bits per heavy atom. The van der Waals surface area contributed by atoms with E-state index in [1.54, 1.807) is 6.92 Å². The SMILES string of the molecule is C[C@@H](N)C(=O)N1CCC2(CC1)OCc1ccccc12. The normalized spacial score (nSPS) is 22.3. The smallest absolute Gasteiger partial charge is 0.239 e. The van der Waals surface area contributed by atoms with Crippen LogP contribution in [0.4, 0.5) is 0 Å². The van der Waals surface area contributed by atoms with Gasteiger partial charge >= 0.3 is 0 Å². The standard InChI is InChI=1S/C15H20N2O2/c1-11(16)14(18)17-8-6-15(7-9-17)13-5-3-2-4-12(13)10-19-15/h2-5,11H,6-10,16H2,1H3/t11-/m1/s1. The Kier molecular flexibility index (Phi) is 3.07. The number of nitrogens with two attached hydrogens (primary N) is 1. The van der Waals surface area contributed by atoms with Crippen LogP contribution in [0.5, 0.6) is 0 Å². The molecule has 3 rings (SSSR count). The highest BCUT2D eigenvalue weighted by Crippen LogP contribution is 2.43. The summed E-state index contributed by atoms with van der Waals surface area (Å²) in [5.74, 6) is 0.0427. The molecule has 1 amide bonds. The number of rotatable bonds is 1. The quantitative estimate of drug-likeness (QED) is 0.830. The van der Waals surface area contributed by atoms with Gasteiger partial charge in [-0.05, 0) is 30.9 Å². The number of hydrogen-bond donors (Lipinski definition) is 1. The summed E-state index contributed by atoms with van der Waals surface area (Å²) in [5, 5.41) is 0. The molecule has 2 aliphatic rings. The van der Waals surface area contributed by atoms with Crippen LogP contribution in [0.15, 0.2) is 24.3 Å². The molecule has 1 spiro atoms. The van der Waals surface area contributed by atoms with Gasteiger partial charge in [-0.25, -0.2) is 0 Å². The fourth-order valence-corrected chi connectivity index (χ4v) is 3.17. The highest BCUT2D eigenvalue weighted by molar-refractivity contribution is 5.81. The van der Waals surface area contributed by atoms with Crippen LogP contribution in [0.25, 0.3) is 0 Å². The molecular formula is C15H20N2O2. The number of amides is 1. The molecular weight excluding hydrogens is 240 g/mol. The van der Waals surface area contributed by atoms with Crippen molar-refractivity contribution in [2.45, 2.75) is 38.0 Å². The maximum Gasteiger partial charge on any atom is 0.239 e. The Bertz CT molecular complexity index is 491. The first-order valence-corrected chi connectivity index (χ1v) is 6.89. The van der Waals surface area contributed by atoms with Crippen LogP contribution < -0.4 is 5.73 Å². The zero-order valence-corrected chi connectivity index (χ0v) is 11.3. The molecule has 0 radical (unpaired) electrons. The number of likely N-dealkylation sites (tertiary alicyclic amines) is 1. The van der Waals surface area contributed by atoms with Crippen LogP contribution in [0.3, 0.4) is 0 Å². The average molecular weight is 260 g/mol. The summed E-state index contributed by atoms with van der Waals surface area (Å²) in [6.07, 6.45) is 1.73. The molecule has 1 aromatic carbocycles. The van der Waals surface area contributed by atoms with Gasteiger partial charge in [0.2, 0.25) is 5.91 Å². The lowest BCUT2D eigenvalue weighted by Gasteiger charge is -2.39. The van der Waals surface area contributed by atoms with Crippen molar-refractivity contribution in [3.63, 3.8) is 0 Å². The monoisotopic (exact) mass is 260 g/mol. The molecule has 2 aliphatic heterocycles. The number of hydrogen-bond acceptors (Lipinski definition) is 3. The maximum atomic E-state index is 11.9. The lowest BCUT2D eigenvalue weighted by molar-refractivity contribution is -0.139. The third-order valence-corrected chi connectivity index (χ3v) is 4.28. The Morgan fingerprint density at radius 1 is 1.37 bits per heavy atom. The lowest BCUT2D eigenvalue weighted by atomic mass is 9.83. The highest BCUT2D eigenvalue weighted by Gasteiger charge is 2.43. The second-order valence-electron chi connectivity index (χ2n) is 5.55.